The number of likely N-dealkylation sites (N-methyl/N-ethyl adjacent to an activating group) is 3. The van der Waals surface area contributed by atoms with Crippen LogP contribution in [0.15, 0.2) is 85.5 Å². The lowest BCUT2D eigenvalue weighted by atomic mass is 10.1. The molecule has 1 saturated heterocycles. The number of aliphatic hydroxyl groups excluding tert-OH is 6. The Hall–Kier alpha value is -7.57. The molecule has 1 aliphatic rings. The Labute approximate surface area is 458 Å². The Morgan fingerprint density at radius 1 is 0.570 bits per heavy atom. The van der Waals surface area contributed by atoms with Crippen LogP contribution in [0.5, 0.6) is 0 Å². The first-order valence-corrected chi connectivity index (χ1v) is 24.2. The highest BCUT2D eigenvalue weighted by atomic mass is 16.6. The van der Waals surface area contributed by atoms with Crippen molar-refractivity contribution in [2.45, 2.75) is 84.4 Å². The van der Waals surface area contributed by atoms with Crippen LogP contribution in [0.4, 0.5) is 22.9 Å². The van der Waals surface area contributed by atoms with E-state index in [0.29, 0.717) is 28.2 Å². The molecule has 3 heterocycles. The lowest BCUT2D eigenvalue weighted by molar-refractivity contribution is -0.115. The quantitative estimate of drug-likeness (QED) is 0.0754. The van der Waals surface area contributed by atoms with Crippen molar-refractivity contribution in [2.24, 2.45) is 0 Å². The van der Waals surface area contributed by atoms with Crippen LogP contribution in [-0.2, 0) is 19.1 Å². The molecule has 1 fully saturated rings. The molecule has 0 aliphatic carbocycles. The van der Waals surface area contributed by atoms with Gasteiger partial charge in [0, 0.05) is 57.5 Å². The van der Waals surface area contributed by atoms with Crippen molar-refractivity contribution in [3.8, 4) is 0 Å². The van der Waals surface area contributed by atoms with Gasteiger partial charge in [-0.1, -0.05) is 0 Å². The van der Waals surface area contributed by atoms with Crippen molar-refractivity contribution in [3.05, 3.63) is 102 Å². The molecule has 3 unspecified atom stereocenters. The molecule has 79 heavy (non-hydrogen) atoms. The minimum absolute atomic E-state index is 0.178. The average Bonchev–Trinajstić information content (AvgIpc) is 3.88. The number of hydrogen-bond donors (Lipinski definition) is 13. The van der Waals surface area contributed by atoms with Gasteiger partial charge in [0.1, 0.15) is 30.2 Å². The van der Waals surface area contributed by atoms with Crippen LogP contribution in [0.3, 0.4) is 0 Å². The smallest absolute Gasteiger partial charge is 0.335 e. The lowest BCUT2D eigenvalue weighted by Gasteiger charge is -2.16. The molecule has 0 bridgehead atoms. The van der Waals surface area contributed by atoms with E-state index in [1.807, 2.05) is 57.0 Å². The predicted molar refractivity (Wildman–Crippen MR) is 297 cm³/mol. The van der Waals surface area contributed by atoms with Crippen LogP contribution in [-0.4, -0.2) is 221 Å². The largest absolute Gasteiger partial charge is 0.478 e. The second-order valence-electron chi connectivity index (χ2n) is 18.3. The Morgan fingerprint density at radius 3 is 1.11 bits per heavy atom. The summed E-state index contributed by atoms with van der Waals surface area (Å²) in [4.78, 5) is 80.9. The molecule has 1 aliphatic heterocycles. The zero-order valence-corrected chi connectivity index (χ0v) is 46.5. The Morgan fingerprint density at radius 2 is 0.886 bits per heavy atom. The average molecular weight is 1110 g/mol. The Bertz CT molecular complexity index is 2380. The van der Waals surface area contributed by atoms with E-state index in [1.165, 1.54) is 74.4 Å². The number of carboxylic acids is 3. The van der Waals surface area contributed by atoms with Gasteiger partial charge >= 0.3 is 17.9 Å². The number of benzene rings is 3. The highest BCUT2D eigenvalue weighted by molar-refractivity contribution is 5.93. The number of imidazole rings is 1. The van der Waals surface area contributed by atoms with E-state index in [4.69, 9.17) is 46.2 Å². The number of carbonyl (C=O) groups excluding carboxylic acids is 3. The summed E-state index contributed by atoms with van der Waals surface area (Å²) in [5, 5.41) is 88.1. The molecule has 27 nitrogen and oxygen atoms in total. The molecular weight excluding hydrogens is 1030 g/mol. The van der Waals surface area contributed by atoms with Gasteiger partial charge < -0.3 is 87.1 Å². The highest BCUT2D eigenvalue weighted by Crippen LogP contribution is 2.31. The van der Waals surface area contributed by atoms with Gasteiger partial charge in [-0.05, 0) is 136 Å². The summed E-state index contributed by atoms with van der Waals surface area (Å²) in [6, 6.07) is 17.9. The van der Waals surface area contributed by atoms with Crippen molar-refractivity contribution < 1.29 is 79.5 Å². The molecular formula is C52H79N11O16. The number of aromatic nitrogens is 4. The number of nitrogens with two attached hydrogens (primary N) is 1. The topological polar surface area (TPSA) is 409 Å². The number of carbonyl (C=O) groups is 6. The fourth-order valence-electron chi connectivity index (χ4n) is 6.45. The number of rotatable bonds is 14. The van der Waals surface area contributed by atoms with Gasteiger partial charge in [0.05, 0.1) is 47.9 Å². The minimum Gasteiger partial charge on any atom is -0.478 e. The van der Waals surface area contributed by atoms with E-state index in [0.717, 1.165) is 19.6 Å². The number of nitrogen functional groups attached to an aromatic ring is 1. The molecule has 0 radical (unpaired) electrons. The third-order valence-electron chi connectivity index (χ3n) is 9.42. The third kappa shape index (κ3) is 30.8. The molecule has 6 rings (SSSR count). The van der Waals surface area contributed by atoms with E-state index in [1.54, 1.807) is 57.2 Å². The minimum atomic E-state index is -1.19. The summed E-state index contributed by atoms with van der Waals surface area (Å²) < 4.78 is 6.85. The second-order valence-corrected chi connectivity index (χ2v) is 18.3. The van der Waals surface area contributed by atoms with Crippen LogP contribution < -0.4 is 21.7 Å². The maximum absolute atomic E-state index is 10.6. The van der Waals surface area contributed by atoms with Crippen LogP contribution in [0, 0.1) is 0 Å². The molecule has 3 amide bonds. The predicted octanol–water partition coefficient (Wildman–Crippen LogP) is 1.84. The van der Waals surface area contributed by atoms with Gasteiger partial charge in [-0.25, -0.2) is 29.3 Å². The molecule has 438 valence electrons. The normalized spacial score (nSPS) is 16.1. The fraction of sp³-hybridized carbons (Fsp3) is 0.442. The number of aromatic carboxylic acids is 3. The summed E-state index contributed by atoms with van der Waals surface area (Å²) in [5.41, 5.74) is 8.84. The molecule has 0 spiro atoms. The Kier molecular flexibility index (Phi) is 33.7. The number of aliphatic hydroxyl groups is 6. The van der Waals surface area contributed by atoms with E-state index >= 15 is 0 Å². The molecule has 14 N–H and O–H groups in total. The second kappa shape index (κ2) is 37.3. The van der Waals surface area contributed by atoms with Crippen LogP contribution in [0.2, 0.25) is 0 Å². The van der Waals surface area contributed by atoms with Gasteiger partial charge in [0.25, 0.3) is 0 Å². The summed E-state index contributed by atoms with van der Waals surface area (Å²) >= 11 is 0. The summed E-state index contributed by atoms with van der Waals surface area (Å²) in [6.07, 6.45) is -2.02. The standard InChI is InChI=1S/C10H13N5O4.3C9H9NO3.3C5H13NO/c11-8-5-9(13-2-12-8)15(3-14-5)10-7(18)6(17)4(1-16)19-10;3*1-6(11)10-8-4-2-7(3-5-8)9(12)13;3*1-5(7)4-6(2)3/h2-4,6-7,10,16-18H,1H2,(H2,11,12,13);3*2-5H,1H3,(H,10,11)(H,12,13);3*5,7H,4H2,1-3H3/t4-,6-,7-,10-;;;;;;/m1....../s1. The van der Waals surface area contributed by atoms with E-state index in [9.17, 15) is 39.0 Å². The molecule has 5 aromatic rings. The first kappa shape index (κ1) is 71.4. The van der Waals surface area contributed by atoms with Crippen molar-refractivity contribution in [2.75, 3.05) is 90.2 Å². The third-order valence-corrected chi connectivity index (χ3v) is 9.42. The number of nitrogens with zero attached hydrogens (tertiary/aromatic N) is 7. The van der Waals surface area contributed by atoms with Crippen molar-refractivity contribution >= 4 is 69.7 Å². The lowest BCUT2D eigenvalue weighted by Crippen LogP contribution is -2.33. The number of nitrogens with one attached hydrogen (secondary N) is 3. The highest BCUT2D eigenvalue weighted by Gasteiger charge is 2.44. The van der Waals surface area contributed by atoms with Crippen LogP contribution in [0.1, 0.15) is 78.8 Å². The summed E-state index contributed by atoms with van der Waals surface area (Å²) in [7, 11) is 11.6. The molecule has 7 atom stereocenters. The van der Waals surface area contributed by atoms with Crippen molar-refractivity contribution in [3.63, 3.8) is 0 Å². The van der Waals surface area contributed by atoms with E-state index in [2.05, 4.69) is 30.9 Å². The number of amides is 3. The van der Waals surface area contributed by atoms with Crippen LogP contribution in [0.25, 0.3) is 11.2 Å². The monoisotopic (exact) mass is 1110 g/mol. The summed E-state index contributed by atoms with van der Waals surface area (Å²) in [6.45, 7) is 11.4. The number of fused-ring (bicyclic) bond motifs is 1. The van der Waals surface area contributed by atoms with Gasteiger partial charge in [-0.3, -0.25) is 19.0 Å². The van der Waals surface area contributed by atoms with Gasteiger partial charge in [-0.2, -0.15) is 0 Å². The maximum Gasteiger partial charge on any atom is 0.335 e. The number of carboxylic acid groups (broad SMARTS) is 3. The first-order valence-electron chi connectivity index (χ1n) is 24.2. The fourth-order valence-corrected chi connectivity index (χ4v) is 6.45. The number of anilines is 4. The van der Waals surface area contributed by atoms with Crippen molar-refractivity contribution in [1.29, 1.82) is 0 Å². The number of hydrogen-bond acceptors (Lipinski definition) is 20. The van der Waals surface area contributed by atoms with Gasteiger partial charge in [0.15, 0.2) is 17.7 Å². The van der Waals surface area contributed by atoms with E-state index < -0.39 is 49.1 Å². The first-order chi connectivity index (χ1) is 36.8. The molecule has 27 heteroatoms. The Balaban J connectivity index is 0.000000929. The molecule has 2 aromatic heterocycles. The van der Waals surface area contributed by atoms with Crippen LogP contribution >= 0.6 is 0 Å². The zero-order chi connectivity index (χ0) is 60.7. The number of ether oxygens (including phenoxy) is 1. The van der Waals surface area contributed by atoms with Crippen molar-refractivity contribution in [1.82, 2.24) is 34.2 Å². The molecule has 0 saturated carbocycles. The summed E-state index contributed by atoms with van der Waals surface area (Å²) in [5.74, 6) is -3.25. The maximum atomic E-state index is 10.6. The molecule has 3 aromatic carbocycles. The van der Waals surface area contributed by atoms with Gasteiger partial charge in [0.2, 0.25) is 17.7 Å². The zero-order valence-electron chi connectivity index (χ0n) is 46.5. The van der Waals surface area contributed by atoms with Gasteiger partial charge in [-0.15, -0.1) is 0 Å². The van der Waals surface area contributed by atoms with E-state index in [-0.39, 0.29) is 58.5 Å². The SMILES string of the molecule is CC(=O)Nc1ccc(C(=O)O)cc1.CC(=O)Nc1ccc(C(=O)O)cc1.CC(=O)Nc1ccc(C(=O)O)cc1.CC(O)CN(C)C.CC(O)CN(C)C.CC(O)CN(C)C.Nc1ncnc2c1ncn2[C@@H]1O[C@H](CO)[C@@H](O)[C@H]1O.